The Hall–Kier alpha value is -0.570. The van der Waals surface area contributed by atoms with E-state index in [0.717, 1.165) is 25.8 Å². The van der Waals surface area contributed by atoms with Crippen molar-refractivity contribution >= 4 is 5.91 Å². The van der Waals surface area contributed by atoms with Gasteiger partial charge in [0.05, 0.1) is 0 Å². The highest BCUT2D eigenvalue weighted by atomic mass is 16.3. The maximum absolute atomic E-state index is 11.3. The molecule has 1 amide bonds. The largest absolute Gasteiger partial charge is 0.383 e. The predicted octanol–water partition coefficient (Wildman–Crippen LogP) is 0.132. The summed E-state index contributed by atoms with van der Waals surface area (Å²) in [4.78, 5) is 13.1. The van der Waals surface area contributed by atoms with Gasteiger partial charge in [-0.1, -0.05) is 0 Å². The zero-order chi connectivity index (χ0) is 7.84. The SMILES string of the molecule is O=C1[C@H](O)CC[C@@H]2CCCN12. The first-order chi connectivity index (χ1) is 5.29. The Labute approximate surface area is 66.0 Å². The van der Waals surface area contributed by atoms with E-state index in [0.29, 0.717) is 12.5 Å². The average Bonchev–Trinajstić information content (AvgIpc) is 2.45. The van der Waals surface area contributed by atoms with Crippen molar-refractivity contribution in [3.8, 4) is 0 Å². The summed E-state index contributed by atoms with van der Waals surface area (Å²) in [6.45, 7) is 0.862. The van der Waals surface area contributed by atoms with E-state index in [9.17, 15) is 9.90 Å². The quantitative estimate of drug-likeness (QED) is 0.540. The number of amides is 1. The molecule has 0 aromatic heterocycles. The molecular formula is C8H13NO2. The monoisotopic (exact) mass is 155 g/mol. The first kappa shape index (κ1) is 7.10. The van der Waals surface area contributed by atoms with Crippen LogP contribution in [-0.4, -0.2) is 34.6 Å². The first-order valence-electron chi connectivity index (χ1n) is 4.27. The van der Waals surface area contributed by atoms with E-state index in [1.807, 2.05) is 4.90 Å². The van der Waals surface area contributed by atoms with E-state index < -0.39 is 6.10 Å². The smallest absolute Gasteiger partial charge is 0.251 e. The highest BCUT2D eigenvalue weighted by Crippen LogP contribution is 2.27. The highest BCUT2D eigenvalue weighted by Gasteiger charge is 2.36. The van der Waals surface area contributed by atoms with Crippen LogP contribution in [0.5, 0.6) is 0 Å². The van der Waals surface area contributed by atoms with Gasteiger partial charge in [-0.2, -0.15) is 0 Å². The third kappa shape index (κ3) is 1.03. The lowest BCUT2D eigenvalue weighted by Gasteiger charge is -2.32. The molecule has 2 heterocycles. The molecule has 2 fully saturated rings. The minimum atomic E-state index is -0.704. The van der Waals surface area contributed by atoms with Crippen LogP contribution in [0.4, 0.5) is 0 Å². The molecule has 3 heteroatoms. The Morgan fingerprint density at radius 2 is 2.18 bits per heavy atom. The second kappa shape index (κ2) is 2.48. The van der Waals surface area contributed by atoms with Gasteiger partial charge in [-0.3, -0.25) is 4.79 Å². The summed E-state index contributed by atoms with van der Waals surface area (Å²) in [5, 5.41) is 9.23. The summed E-state index contributed by atoms with van der Waals surface area (Å²) in [6.07, 6.45) is 3.21. The highest BCUT2D eigenvalue weighted by molar-refractivity contribution is 5.82. The van der Waals surface area contributed by atoms with Crippen LogP contribution in [-0.2, 0) is 4.79 Å². The number of hydrogen-bond donors (Lipinski definition) is 1. The molecule has 0 unspecified atom stereocenters. The van der Waals surface area contributed by atoms with Crippen molar-refractivity contribution in [3.63, 3.8) is 0 Å². The van der Waals surface area contributed by atoms with Gasteiger partial charge in [0.1, 0.15) is 6.10 Å². The molecule has 0 aromatic rings. The topological polar surface area (TPSA) is 40.5 Å². The number of hydrogen-bond acceptors (Lipinski definition) is 2. The van der Waals surface area contributed by atoms with Crippen LogP contribution in [0.25, 0.3) is 0 Å². The maximum Gasteiger partial charge on any atom is 0.251 e. The fraction of sp³-hybridized carbons (Fsp3) is 0.875. The minimum absolute atomic E-state index is 0.0428. The predicted molar refractivity (Wildman–Crippen MR) is 40.0 cm³/mol. The summed E-state index contributed by atoms with van der Waals surface area (Å²) < 4.78 is 0. The van der Waals surface area contributed by atoms with E-state index >= 15 is 0 Å². The molecule has 2 rings (SSSR count). The Kier molecular flexibility index (Phi) is 1.60. The lowest BCUT2D eigenvalue weighted by atomic mass is 10.0. The molecule has 2 aliphatic heterocycles. The molecule has 62 valence electrons. The van der Waals surface area contributed by atoms with Crippen LogP contribution in [0.3, 0.4) is 0 Å². The van der Waals surface area contributed by atoms with Gasteiger partial charge in [0.15, 0.2) is 0 Å². The van der Waals surface area contributed by atoms with E-state index in [4.69, 9.17) is 0 Å². The molecule has 1 N–H and O–H groups in total. The first-order valence-corrected chi connectivity index (χ1v) is 4.27. The van der Waals surface area contributed by atoms with Gasteiger partial charge in [0.25, 0.3) is 5.91 Å². The van der Waals surface area contributed by atoms with Crippen LogP contribution in [0.15, 0.2) is 0 Å². The normalized spacial score (nSPS) is 37.5. The van der Waals surface area contributed by atoms with E-state index in [1.54, 1.807) is 0 Å². The number of aliphatic hydroxyl groups excluding tert-OH is 1. The van der Waals surface area contributed by atoms with Gasteiger partial charge >= 0.3 is 0 Å². The van der Waals surface area contributed by atoms with E-state index in [-0.39, 0.29) is 5.91 Å². The molecular weight excluding hydrogens is 142 g/mol. The van der Waals surface area contributed by atoms with E-state index in [2.05, 4.69) is 0 Å². The van der Waals surface area contributed by atoms with Crippen LogP contribution < -0.4 is 0 Å². The number of fused-ring (bicyclic) bond motifs is 1. The van der Waals surface area contributed by atoms with Crippen LogP contribution in [0.2, 0.25) is 0 Å². The van der Waals surface area contributed by atoms with Gasteiger partial charge < -0.3 is 10.0 Å². The number of aliphatic hydroxyl groups is 1. The van der Waals surface area contributed by atoms with Gasteiger partial charge in [-0.15, -0.1) is 0 Å². The van der Waals surface area contributed by atoms with Crippen molar-refractivity contribution in [3.05, 3.63) is 0 Å². The third-order valence-corrected chi connectivity index (χ3v) is 2.72. The van der Waals surface area contributed by atoms with Crippen LogP contribution in [0.1, 0.15) is 25.7 Å². The minimum Gasteiger partial charge on any atom is -0.383 e. The van der Waals surface area contributed by atoms with Gasteiger partial charge in [0.2, 0.25) is 0 Å². The molecule has 0 aromatic carbocycles. The fourth-order valence-corrected chi connectivity index (χ4v) is 2.09. The number of nitrogens with zero attached hydrogens (tertiary/aromatic N) is 1. The van der Waals surface area contributed by atoms with Gasteiger partial charge in [-0.25, -0.2) is 0 Å². The Bertz CT molecular complexity index is 181. The molecule has 0 spiro atoms. The summed E-state index contributed by atoms with van der Waals surface area (Å²) >= 11 is 0. The van der Waals surface area contributed by atoms with Crippen molar-refractivity contribution in [2.24, 2.45) is 0 Å². The number of rotatable bonds is 0. The Morgan fingerprint density at radius 3 is 3.00 bits per heavy atom. The second-order valence-electron chi connectivity index (χ2n) is 3.42. The zero-order valence-corrected chi connectivity index (χ0v) is 6.49. The Morgan fingerprint density at radius 1 is 1.36 bits per heavy atom. The molecule has 0 radical (unpaired) electrons. The number of carbonyl (C=O) groups excluding carboxylic acids is 1. The standard InChI is InChI=1S/C8H13NO2/c10-7-4-3-6-2-1-5-9(6)8(7)11/h6-7,10H,1-5H2/t6-,7+/m0/s1. The average molecular weight is 155 g/mol. The Balaban J connectivity index is 2.12. The van der Waals surface area contributed by atoms with Crippen molar-refractivity contribution in [2.75, 3.05) is 6.54 Å². The van der Waals surface area contributed by atoms with Crippen molar-refractivity contribution in [1.82, 2.24) is 4.90 Å². The molecule has 11 heavy (non-hydrogen) atoms. The molecule has 2 saturated heterocycles. The summed E-state index contributed by atoms with van der Waals surface area (Å²) in [7, 11) is 0. The molecule has 0 saturated carbocycles. The van der Waals surface area contributed by atoms with Gasteiger partial charge in [0, 0.05) is 12.6 Å². The second-order valence-corrected chi connectivity index (χ2v) is 3.42. The van der Waals surface area contributed by atoms with E-state index in [1.165, 1.54) is 0 Å². The number of piperidine rings is 1. The lowest BCUT2D eigenvalue weighted by molar-refractivity contribution is -0.145. The molecule has 3 nitrogen and oxygen atoms in total. The maximum atomic E-state index is 11.3. The molecule has 2 aliphatic rings. The number of carbonyl (C=O) groups is 1. The lowest BCUT2D eigenvalue weighted by Crippen LogP contribution is -2.46. The van der Waals surface area contributed by atoms with Crippen molar-refractivity contribution in [1.29, 1.82) is 0 Å². The molecule has 2 atom stereocenters. The summed E-state index contributed by atoms with van der Waals surface area (Å²) in [5.74, 6) is -0.0428. The molecule has 0 aliphatic carbocycles. The summed E-state index contributed by atoms with van der Waals surface area (Å²) in [6, 6.07) is 0.450. The van der Waals surface area contributed by atoms with Crippen molar-refractivity contribution in [2.45, 2.75) is 37.8 Å². The summed E-state index contributed by atoms with van der Waals surface area (Å²) in [5.41, 5.74) is 0. The zero-order valence-electron chi connectivity index (χ0n) is 6.49. The van der Waals surface area contributed by atoms with Crippen LogP contribution in [0, 0.1) is 0 Å². The third-order valence-electron chi connectivity index (χ3n) is 2.72. The van der Waals surface area contributed by atoms with Crippen LogP contribution >= 0.6 is 0 Å². The van der Waals surface area contributed by atoms with Gasteiger partial charge in [-0.05, 0) is 25.7 Å². The fourth-order valence-electron chi connectivity index (χ4n) is 2.09. The molecule has 0 bridgehead atoms. The van der Waals surface area contributed by atoms with Crippen molar-refractivity contribution < 1.29 is 9.90 Å².